The number of aliphatic hydroxyl groups is 1. The molecule has 1 aromatic carbocycles. The molecule has 0 saturated heterocycles. The number of aliphatic hydroxyl groups excluding tert-OH is 1. The van der Waals surface area contributed by atoms with E-state index in [2.05, 4.69) is 26.3 Å². The average Bonchev–Trinajstić information content (AvgIpc) is 3.24. The molecule has 1 aliphatic heterocycles. The van der Waals surface area contributed by atoms with Crippen LogP contribution in [0.3, 0.4) is 0 Å². The third-order valence-corrected chi connectivity index (χ3v) is 6.04. The van der Waals surface area contributed by atoms with E-state index < -0.39 is 48.6 Å². The van der Waals surface area contributed by atoms with Gasteiger partial charge in [-0.2, -0.15) is 0 Å². The number of nitrogens with one attached hydrogen (secondary N) is 4. The lowest BCUT2D eigenvalue weighted by molar-refractivity contribution is -0.137. The minimum Gasteiger partial charge on any atom is -0.506 e. The van der Waals surface area contributed by atoms with E-state index in [1.165, 1.54) is 12.1 Å². The normalized spacial score (nSPS) is 16.1. The number of anilines is 1. The highest BCUT2D eigenvalue weighted by atomic mass is 35.5. The van der Waals surface area contributed by atoms with Crippen LogP contribution < -0.4 is 21.3 Å². The molecule has 2 amide bonds. The maximum absolute atomic E-state index is 12.4. The zero-order valence-electron chi connectivity index (χ0n) is 17.5. The van der Waals surface area contributed by atoms with Gasteiger partial charge in [-0.25, -0.2) is 0 Å². The van der Waals surface area contributed by atoms with Crippen molar-refractivity contribution < 1.29 is 29.7 Å². The lowest BCUT2D eigenvalue weighted by Crippen LogP contribution is -2.42. The van der Waals surface area contributed by atoms with E-state index in [1.54, 1.807) is 11.4 Å². The fourth-order valence-electron chi connectivity index (χ4n) is 3.03. The fourth-order valence-corrected chi connectivity index (χ4v) is 4.30. The quantitative estimate of drug-likeness (QED) is 0.269. The van der Waals surface area contributed by atoms with Crippen molar-refractivity contribution in [1.82, 2.24) is 16.0 Å². The van der Waals surface area contributed by atoms with Gasteiger partial charge in [-0.05, 0) is 18.2 Å². The van der Waals surface area contributed by atoms with Crippen molar-refractivity contribution >= 4 is 64.0 Å². The average molecular weight is 530 g/mol. The molecule has 3 rings (SSSR count). The second-order valence-corrected chi connectivity index (χ2v) is 9.03. The minimum absolute atomic E-state index is 0.0419. The molecule has 0 aliphatic carbocycles. The summed E-state index contributed by atoms with van der Waals surface area (Å²) < 4.78 is 0. The van der Waals surface area contributed by atoms with E-state index in [0.717, 1.165) is 11.3 Å². The van der Waals surface area contributed by atoms with E-state index in [1.807, 2.05) is 0 Å². The maximum atomic E-state index is 12.4. The number of hydrogen-bond donors (Lipinski definition) is 7. The van der Waals surface area contributed by atoms with Gasteiger partial charge >= 0.3 is 5.97 Å². The lowest BCUT2D eigenvalue weighted by atomic mass is 10.0. The molecule has 2 heterocycles. The van der Waals surface area contributed by atoms with Gasteiger partial charge in [0, 0.05) is 22.5 Å². The zero-order valence-corrected chi connectivity index (χ0v) is 19.8. The van der Waals surface area contributed by atoms with Crippen LogP contribution in [0.4, 0.5) is 5.69 Å². The molecule has 11 nitrogen and oxygen atoms in total. The number of β-amino-alcohol motifs (C(OH)–C–C–N with tert-alkyl or cyclic N) is 1. The first-order chi connectivity index (χ1) is 16.1. The molecule has 2 aromatic rings. The molecular weight excluding hydrogens is 509 g/mol. The Hall–Kier alpha value is -3.06. The smallest absolute Gasteiger partial charge is 0.305 e. The third kappa shape index (κ3) is 6.97. The van der Waals surface area contributed by atoms with Crippen LogP contribution in [0.2, 0.25) is 10.0 Å². The Balaban J connectivity index is 1.58. The molecular formula is C20H21Cl2N5O6S. The van der Waals surface area contributed by atoms with Crippen LogP contribution >= 0.6 is 34.5 Å². The van der Waals surface area contributed by atoms with E-state index >= 15 is 0 Å². The topological polar surface area (TPSA) is 172 Å². The first-order valence-corrected chi connectivity index (χ1v) is 11.5. The summed E-state index contributed by atoms with van der Waals surface area (Å²) in [6, 6.07) is 3.04. The van der Waals surface area contributed by atoms with Gasteiger partial charge in [0.25, 0.3) is 5.91 Å². The van der Waals surface area contributed by atoms with Crippen molar-refractivity contribution in [2.24, 2.45) is 4.99 Å². The number of nitrogens with zero attached hydrogens (tertiary/aromatic N) is 1. The van der Waals surface area contributed by atoms with Crippen molar-refractivity contribution in [2.45, 2.75) is 18.6 Å². The number of phenols is 1. The Labute approximate surface area is 207 Å². The van der Waals surface area contributed by atoms with Gasteiger partial charge in [-0.3, -0.25) is 19.4 Å². The molecule has 0 bridgehead atoms. The SMILES string of the molecule is O=C(O)C[C@H](NC(=O)CNC(=O)c1cc(NC2=NCC(O)CN2)cs1)c1cc(Cl)cc(Cl)c1O. The summed E-state index contributed by atoms with van der Waals surface area (Å²) in [7, 11) is 0. The number of benzene rings is 1. The Morgan fingerprint density at radius 2 is 2.03 bits per heavy atom. The van der Waals surface area contributed by atoms with Gasteiger partial charge in [0.2, 0.25) is 5.91 Å². The molecule has 7 N–H and O–H groups in total. The number of thiophene rings is 1. The molecule has 1 aromatic heterocycles. The summed E-state index contributed by atoms with van der Waals surface area (Å²) in [6.45, 7) is 0.196. The molecule has 2 atom stereocenters. The summed E-state index contributed by atoms with van der Waals surface area (Å²) >= 11 is 13.0. The van der Waals surface area contributed by atoms with Crippen molar-refractivity contribution in [3.8, 4) is 5.75 Å². The molecule has 1 unspecified atom stereocenters. The van der Waals surface area contributed by atoms with Crippen molar-refractivity contribution in [3.63, 3.8) is 0 Å². The van der Waals surface area contributed by atoms with E-state index in [9.17, 15) is 29.7 Å². The molecule has 0 radical (unpaired) electrons. The van der Waals surface area contributed by atoms with Gasteiger partial charge < -0.3 is 36.6 Å². The second kappa shape index (κ2) is 11.4. The van der Waals surface area contributed by atoms with Gasteiger partial charge in [0.1, 0.15) is 5.75 Å². The number of aromatic hydroxyl groups is 1. The predicted molar refractivity (Wildman–Crippen MR) is 128 cm³/mol. The second-order valence-electron chi connectivity index (χ2n) is 7.27. The van der Waals surface area contributed by atoms with Crippen LogP contribution in [-0.2, 0) is 9.59 Å². The fraction of sp³-hybridized carbons (Fsp3) is 0.300. The van der Waals surface area contributed by atoms with E-state index in [0.29, 0.717) is 23.1 Å². The number of halogens is 2. The number of carbonyl (C=O) groups excluding carboxylic acids is 2. The summed E-state index contributed by atoms with van der Waals surface area (Å²) in [6.07, 6.45) is -1.09. The Kier molecular flexibility index (Phi) is 8.56. The van der Waals surface area contributed by atoms with Gasteiger partial charge in [-0.15, -0.1) is 11.3 Å². The van der Waals surface area contributed by atoms with Gasteiger partial charge in [0.05, 0.1) is 47.2 Å². The Bertz CT molecular complexity index is 1120. The first kappa shape index (κ1) is 25.6. The van der Waals surface area contributed by atoms with Crippen LogP contribution in [0.15, 0.2) is 28.6 Å². The van der Waals surface area contributed by atoms with Crippen LogP contribution in [0.25, 0.3) is 0 Å². The van der Waals surface area contributed by atoms with Gasteiger partial charge in [0.15, 0.2) is 5.96 Å². The van der Waals surface area contributed by atoms with Crippen molar-refractivity contribution in [2.75, 3.05) is 25.0 Å². The van der Waals surface area contributed by atoms with E-state index in [4.69, 9.17) is 23.2 Å². The highest BCUT2D eigenvalue weighted by molar-refractivity contribution is 7.12. The number of amides is 2. The molecule has 0 spiro atoms. The molecule has 1 aliphatic rings. The standard InChI is InChI=1S/C20H21Cl2N5O6S/c21-9-1-12(18(32)13(22)2-9)14(4-17(30)31)27-16(29)7-23-19(33)15-3-10(8-34-15)26-20-24-5-11(28)6-25-20/h1-3,8,11,14,28,32H,4-7H2,(H,23,33)(H,27,29)(H,30,31)(H2,24,25,26)/t14-/m0/s1. The number of aliphatic imine (C=N–C) groups is 1. The first-order valence-electron chi connectivity index (χ1n) is 9.91. The summed E-state index contributed by atoms with van der Waals surface area (Å²) in [5.74, 6) is -2.33. The van der Waals surface area contributed by atoms with Gasteiger partial charge in [-0.1, -0.05) is 23.2 Å². The number of rotatable bonds is 8. The largest absolute Gasteiger partial charge is 0.506 e. The number of hydrogen-bond acceptors (Lipinski definition) is 9. The number of phenolic OH excluding ortho intramolecular Hbond substituents is 1. The zero-order chi connectivity index (χ0) is 24.8. The van der Waals surface area contributed by atoms with Crippen molar-refractivity contribution in [3.05, 3.63) is 44.1 Å². The number of guanidine groups is 1. The predicted octanol–water partition coefficient (Wildman–Crippen LogP) is 1.55. The highest BCUT2D eigenvalue weighted by Gasteiger charge is 2.23. The number of carboxylic acid groups (broad SMARTS) is 1. The molecule has 182 valence electrons. The van der Waals surface area contributed by atoms with Crippen LogP contribution in [0.1, 0.15) is 27.7 Å². The molecule has 34 heavy (non-hydrogen) atoms. The number of carboxylic acids is 1. The Morgan fingerprint density at radius 1 is 1.26 bits per heavy atom. The monoisotopic (exact) mass is 529 g/mol. The van der Waals surface area contributed by atoms with Crippen LogP contribution in [0.5, 0.6) is 5.75 Å². The summed E-state index contributed by atoms with van der Waals surface area (Å²) in [5, 5.41) is 41.4. The highest BCUT2D eigenvalue weighted by Crippen LogP contribution is 2.36. The van der Waals surface area contributed by atoms with E-state index in [-0.39, 0.29) is 22.2 Å². The van der Waals surface area contributed by atoms with Crippen LogP contribution in [0, 0.1) is 0 Å². The van der Waals surface area contributed by atoms with Crippen molar-refractivity contribution in [1.29, 1.82) is 0 Å². The van der Waals surface area contributed by atoms with Crippen LogP contribution in [-0.4, -0.2) is 64.8 Å². The lowest BCUT2D eigenvalue weighted by Gasteiger charge is -2.19. The number of carbonyl (C=O) groups is 3. The third-order valence-electron chi connectivity index (χ3n) is 4.61. The molecule has 0 fully saturated rings. The number of aliphatic carboxylic acids is 1. The minimum atomic E-state index is -1.23. The Morgan fingerprint density at radius 3 is 2.71 bits per heavy atom. The molecule has 14 heteroatoms. The molecule has 0 saturated carbocycles. The summed E-state index contributed by atoms with van der Waals surface area (Å²) in [4.78, 5) is 40.5. The summed E-state index contributed by atoms with van der Waals surface area (Å²) in [5.41, 5.74) is 0.650. The maximum Gasteiger partial charge on any atom is 0.305 e.